The van der Waals surface area contributed by atoms with Gasteiger partial charge in [-0.1, -0.05) is 0 Å². The van der Waals surface area contributed by atoms with Crippen LogP contribution < -0.4 is 5.32 Å². The molecule has 0 spiro atoms. The number of carbonyl (C=O) groups is 2. The molecule has 6 nitrogen and oxygen atoms in total. The SMILES string of the molecule is CC(C)[C@H](O)[C@]12C(=O)N[C@H]1C(C)C(=O)[Se]2(=O)=O. The Morgan fingerprint density at radius 3 is 2.24 bits per heavy atom. The molecular formula is C10H15NO5Se. The molecule has 2 saturated heterocycles. The molecule has 0 aromatic rings. The Kier molecular flexibility index (Phi) is 2.51. The maximum atomic E-state index is 12.1. The van der Waals surface area contributed by atoms with E-state index in [9.17, 15) is 22.4 Å². The average Bonchev–Trinajstić information content (AvgIpc) is 2.33. The van der Waals surface area contributed by atoms with Crippen LogP contribution in [0.5, 0.6) is 0 Å². The second-order valence-electron chi connectivity index (χ2n) is 5.04. The molecule has 1 unspecified atom stereocenters. The second kappa shape index (κ2) is 3.37. The van der Waals surface area contributed by atoms with Crippen LogP contribution in [0.1, 0.15) is 20.8 Å². The Balaban J connectivity index is 2.64. The van der Waals surface area contributed by atoms with Crippen molar-refractivity contribution in [1.29, 1.82) is 0 Å². The molecule has 0 radical (unpaired) electrons. The Morgan fingerprint density at radius 1 is 1.35 bits per heavy atom. The number of hydrogen-bond acceptors (Lipinski definition) is 5. The van der Waals surface area contributed by atoms with Crippen molar-refractivity contribution >= 4 is 23.3 Å². The standard InChI is InChI=1S/C10H15NO5Se/c1-4(2)7(12)10-6(11-9(10)14)5(3)8(13)17(10,15)16/h4-7,12H,1-3H3,(H,11,14)/t5?,6-,7-,10-/m0/s1. The predicted molar refractivity (Wildman–Crippen MR) is 56.8 cm³/mol. The van der Waals surface area contributed by atoms with E-state index in [0.29, 0.717) is 0 Å². The summed E-state index contributed by atoms with van der Waals surface area (Å²) in [5.41, 5.74) is 0. The van der Waals surface area contributed by atoms with Crippen LogP contribution >= 0.6 is 0 Å². The van der Waals surface area contributed by atoms with E-state index < -0.39 is 51.6 Å². The number of hydrogen-bond donors (Lipinski definition) is 2. The summed E-state index contributed by atoms with van der Waals surface area (Å²) < 4.78 is 21.5. The van der Waals surface area contributed by atoms with Crippen molar-refractivity contribution in [2.45, 2.75) is 37.2 Å². The Labute approximate surface area is 100 Å². The van der Waals surface area contributed by atoms with Crippen molar-refractivity contribution < 1.29 is 22.4 Å². The van der Waals surface area contributed by atoms with Crippen molar-refractivity contribution in [2.75, 3.05) is 0 Å². The minimum atomic E-state index is -5.13. The minimum absolute atomic E-state index is 0.402. The van der Waals surface area contributed by atoms with E-state index in [1.54, 1.807) is 13.8 Å². The molecule has 2 fully saturated rings. The van der Waals surface area contributed by atoms with E-state index in [1.165, 1.54) is 6.92 Å². The zero-order valence-corrected chi connectivity index (χ0v) is 11.5. The van der Waals surface area contributed by atoms with Crippen LogP contribution in [0, 0.1) is 11.8 Å². The first-order valence-corrected chi connectivity index (χ1v) is 8.57. The first kappa shape index (κ1) is 12.7. The molecule has 0 aromatic carbocycles. The molecule has 7 heteroatoms. The van der Waals surface area contributed by atoms with E-state index in [0.717, 1.165) is 0 Å². The number of nitrogens with one attached hydrogen (secondary N) is 1. The number of aliphatic hydroxyl groups excluding tert-OH is 1. The van der Waals surface area contributed by atoms with Gasteiger partial charge in [0, 0.05) is 0 Å². The molecule has 0 saturated carbocycles. The quantitative estimate of drug-likeness (QED) is 0.519. The van der Waals surface area contributed by atoms with Crippen LogP contribution in [0.3, 0.4) is 0 Å². The van der Waals surface area contributed by atoms with E-state index in [2.05, 4.69) is 5.32 Å². The monoisotopic (exact) mass is 309 g/mol. The van der Waals surface area contributed by atoms with Gasteiger partial charge in [-0.25, -0.2) is 0 Å². The van der Waals surface area contributed by atoms with Crippen molar-refractivity contribution in [3.63, 3.8) is 0 Å². The molecule has 2 heterocycles. The molecule has 17 heavy (non-hydrogen) atoms. The van der Waals surface area contributed by atoms with Crippen LogP contribution in [0.4, 0.5) is 0 Å². The molecule has 4 atom stereocenters. The van der Waals surface area contributed by atoms with Gasteiger partial charge in [0.15, 0.2) is 0 Å². The first-order valence-electron chi connectivity index (χ1n) is 5.46. The third kappa shape index (κ3) is 1.14. The van der Waals surface area contributed by atoms with Gasteiger partial charge in [0.1, 0.15) is 0 Å². The van der Waals surface area contributed by atoms with Crippen molar-refractivity contribution in [1.82, 2.24) is 5.32 Å². The first-order chi connectivity index (χ1) is 7.69. The maximum absolute atomic E-state index is 12.1. The number of fused-ring (bicyclic) bond motifs is 1. The van der Waals surface area contributed by atoms with Gasteiger partial charge in [-0.15, -0.1) is 0 Å². The van der Waals surface area contributed by atoms with Gasteiger partial charge in [-0.05, 0) is 0 Å². The molecule has 0 aromatic heterocycles. The van der Waals surface area contributed by atoms with Crippen LogP contribution in [0.25, 0.3) is 0 Å². The summed E-state index contributed by atoms with van der Waals surface area (Å²) in [5.74, 6) is -1.90. The van der Waals surface area contributed by atoms with Crippen molar-refractivity contribution in [3.8, 4) is 0 Å². The fourth-order valence-electron chi connectivity index (χ4n) is 2.73. The fraction of sp³-hybridized carbons (Fsp3) is 0.800. The topological polar surface area (TPSA) is 101 Å². The summed E-state index contributed by atoms with van der Waals surface area (Å²) in [4.78, 5) is 23.4. The number of β-lactam (4-membered cyclic amide) rings is 1. The Bertz CT molecular complexity index is 497. The molecule has 1 amide bonds. The van der Waals surface area contributed by atoms with Gasteiger partial charge in [0.25, 0.3) is 0 Å². The summed E-state index contributed by atoms with van der Waals surface area (Å²) in [5, 5.41) is 12.5. The average molecular weight is 308 g/mol. The molecule has 0 aliphatic carbocycles. The van der Waals surface area contributed by atoms with E-state index in [4.69, 9.17) is 0 Å². The van der Waals surface area contributed by atoms with Crippen LogP contribution in [-0.2, 0) is 17.3 Å². The van der Waals surface area contributed by atoms with Crippen molar-refractivity contribution in [2.24, 2.45) is 11.8 Å². The zero-order valence-electron chi connectivity index (χ0n) is 9.80. The normalized spacial score (nSPS) is 40.8. The molecular weight excluding hydrogens is 293 g/mol. The molecule has 96 valence electrons. The van der Waals surface area contributed by atoms with Gasteiger partial charge in [0.05, 0.1) is 0 Å². The number of aliphatic hydroxyl groups is 1. The predicted octanol–water partition coefficient (Wildman–Crippen LogP) is -0.697. The summed E-state index contributed by atoms with van der Waals surface area (Å²) >= 11 is -5.13. The van der Waals surface area contributed by atoms with E-state index in [1.807, 2.05) is 0 Å². The van der Waals surface area contributed by atoms with Crippen LogP contribution in [-0.4, -0.2) is 40.6 Å². The molecule has 0 bridgehead atoms. The second-order valence-corrected chi connectivity index (χ2v) is 9.42. The number of rotatable bonds is 2. The number of carbonyl (C=O) groups excluding carboxylic acids is 2. The van der Waals surface area contributed by atoms with E-state index >= 15 is 0 Å². The van der Waals surface area contributed by atoms with Gasteiger partial charge < -0.3 is 0 Å². The Hall–Kier alpha value is -0.781. The van der Waals surface area contributed by atoms with Gasteiger partial charge in [-0.2, -0.15) is 0 Å². The summed E-state index contributed by atoms with van der Waals surface area (Å²) in [6, 6.07) is -0.769. The fourth-order valence-corrected chi connectivity index (χ4v) is 7.87. The Morgan fingerprint density at radius 2 is 1.88 bits per heavy atom. The molecule has 2 aliphatic heterocycles. The summed E-state index contributed by atoms with van der Waals surface area (Å²) in [6.07, 6.45) is -1.33. The number of amides is 1. The van der Waals surface area contributed by atoms with Gasteiger partial charge >= 0.3 is 100 Å². The third-order valence-corrected chi connectivity index (χ3v) is 8.94. The van der Waals surface area contributed by atoms with Crippen LogP contribution in [0.15, 0.2) is 0 Å². The van der Waals surface area contributed by atoms with Crippen molar-refractivity contribution in [3.05, 3.63) is 0 Å². The van der Waals surface area contributed by atoms with Gasteiger partial charge in [0.2, 0.25) is 0 Å². The summed E-state index contributed by atoms with van der Waals surface area (Å²) in [6.45, 7) is 4.73. The molecule has 2 rings (SSSR count). The van der Waals surface area contributed by atoms with E-state index in [-0.39, 0.29) is 0 Å². The zero-order chi connectivity index (χ0) is 13.2. The summed E-state index contributed by atoms with van der Waals surface area (Å²) in [7, 11) is 0. The van der Waals surface area contributed by atoms with Gasteiger partial charge in [-0.3, -0.25) is 0 Å². The van der Waals surface area contributed by atoms with Crippen LogP contribution in [0.2, 0.25) is 4.31 Å². The molecule has 2 aliphatic rings. The third-order valence-electron chi connectivity index (χ3n) is 3.76. The molecule has 2 N–H and O–H groups in total.